The molecule has 0 fully saturated rings. The summed E-state index contributed by atoms with van der Waals surface area (Å²) >= 11 is 5.94. The van der Waals surface area contributed by atoms with Gasteiger partial charge >= 0.3 is 12.1 Å². The summed E-state index contributed by atoms with van der Waals surface area (Å²) in [6, 6.07) is 7.56. The van der Waals surface area contributed by atoms with Gasteiger partial charge in [0.25, 0.3) is 5.79 Å². The fourth-order valence-corrected chi connectivity index (χ4v) is 2.38. The van der Waals surface area contributed by atoms with E-state index in [-0.39, 0.29) is 22.3 Å². The number of nitrogens with one attached hydrogen (secondary N) is 1. The van der Waals surface area contributed by atoms with Crippen LogP contribution in [0, 0.1) is 5.82 Å². The van der Waals surface area contributed by atoms with Crippen molar-refractivity contribution in [2.75, 3.05) is 19.0 Å². The molecule has 0 aliphatic carbocycles. The largest absolute Gasteiger partial charge is 0.478 e. The standard InChI is InChI=1S/C19H16ClF4NO7/c1-30-17(27)9-31-13-4-2-3-5-14(13)32-15-7-12(11(21)6-10(15)20)25-16(26)8-18(28,29)19(22,23)24/h2-7,28-29H,8-9H2,1H3,(H,25,26). The van der Waals surface area contributed by atoms with E-state index >= 15 is 0 Å². The third kappa shape index (κ3) is 6.45. The van der Waals surface area contributed by atoms with Crippen molar-refractivity contribution in [3.05, 3.63) is 47.2 Å². The zero-order valence-electron chi connectivity index (χ0n) is 16.2. The highest BCUT2D eigenvalue weighted by atomic mass is 35.5. The first-order valence-electron chi connectivity index (χ1n) is 8.61. The number of anilines is 1. The van der Waals surface area contributed by atoms with E-state index < -0.39 is 48.4 Å². The summed E-state index contributed by atoms with van der Waals surface area (Å²) < 4.78 is 66.9. The van der Waals surface area contributed by atoms with Crippen LogP contribution in [0.2, 0.25) is 5.02 Å². The number of hydrogen-bond acceptors (Lipinski definition) is 7. The van der Waals surface area contributed by atoms with E-state index in [2.05, 4.69) is 4.74 Å². The van der Waals surface area contributed by atoms with E-state index in [0.717, 1.165) is 19.2 Å². The highest BCUT2D eigenvalue weighted by Crippen LogP contribution is 2.38. The van der Waals surface area contributed by atoms with E-state index in [1.807, 2.05) is 0 Å². The molecule has 2 aromatic rings. The van der Waals surface area contributed by atoms with Crippen molar-refractivity contribution in [1.29, 1.82) is 0 Å². The van der Waals surface area contributed by atoms with Crippen LogP contribution >= 0.6 is 11.6 Å². The van der Waals surface area contributed by atoms with Gasteiger partial charge in [0.05, 0.1) is 24.2 Å². The maximum absolute atomic E-state index is 14.1. The van der Waals surface area contributed by atoms with Crippen LogP contribution in [0.1, 0.15) is 6.42 Å². The SMILES string of the molecule is COC(=O)COc1ccccc1Oc1cc(NC(=O)CC(O)(O)C(F)(F)F)c(F)cc1Cl. The van der Waals surface area contributed by atoms with Gasteiger partial charge in [0.2, 0.25) is 5.91 Å². The summed E-state index contributed by atoms with van der Waals surface area (Å²) in [6.07, 6.45) is -7.32. The summed E-state index contributed by atoms with van der Waals surface area (Å²) in [5.41, 5.74) is -0.639. The molecule has 0 saturated carbocycles. The normalized spacial score (nSPS) is 11.6. The molecule has 0 aliphatic rings. The molecule has 0 radical (unpaired) electrons. The molecule has 0 aromatic heterocycles. The molecule has 32 heavy (non-hydrogen) atoms. The Morgan fingerprint density at radius 3 is 2.31 bits per heavy atom. The fraction of sp³-hybridized carbons (Fsp3) is 0.263. The number of aliphatic hydroxyl groups is 2. The van der Waals surface area contributed by atoms with Crippen LogP contribution in [0.3, 0.4) is 0 Å². The lowest BCUT2D eigenvalue weighted by molar-refractivity contribution is -0.347. The fourth-order valence-electron chi connectivity index (χ4n) is 2.19. The van der Waals surface area contributed by atoms with E-state index in [1.165, 1.54) is 12.1 Å². The Balaban J connectivity index is 2.23. The molecule has 1 amide bonds. The molecule has 0 heterocycles. The smallest absolute Gasteiger partial charge is 0.443 e. The third-order valence-electron chi connectivity index (χ3n) is 3.80. The number of alkyl halides is 3. The maximum Gasteiger partial charge on any atom is 0.443 e. The summed E-state index contributed by atoms with van der Waals surface area (Å²) in [5.74, 6) is -7.76. The van der Waals surface area contributed by atoms with Crippen molar-refractivity contribution in [3.8, 4) is 17.2 Å². The monoisotopic (exact) mass is 481 g/mol. The molecule has 2 rings (SSSR count). The first-order valence-corrected chi connectivity index (χ1v) is 8.98. The number of carbonyl (C=O) groups is 2. The molecule has 13 heteroatoms. The summed E-state index contributed by atoms with van der Waals surface area (Å²) in [5, 5.41) is 19.5. The van der Waals surface area contributed by atoms with Gasteiger partial charge in [-0.05, 0) is 18.2 Å². The average molecular weight is 482 g/mol. The minimum Gasteiger partial charge on any atom is -0.478 e. The first kappa shape index (κ1) is 25.2. The minimum absolute atomic E-state index is 0.0315. The van der Waals surface area contributed by atoms with Gasteiger partial charge in [-0.1, -0.05) is 23.7 Å². The second-order valence-electron chi connectivity index (χ2n) is 6.22. The van der Waals surface area contributed by atoms with Crippen LogP contribution in [-0.2, 0) is 14.3 Å². The van der Waals surface area contributed by atoms with E-state index in [4.69, 9.17) is 31.3 Å². The number of methoxy groups -OCH3 is 1. The van der Waals surface area contributed by atoms with Crippen molar-refractivity contribution < 1.29 is 51.6 Å². The van der Waals surface area contributed by atoms with E-state index in [9.17, 15) is 27.2 Å². The van der Waals surface area contributed by atoms with E-state index in [1.54, 1.807) is 17.4 Å². The number of rotatable bonds is 8. The second-order valence-corrected chi connectivity index (χ2v) is 6.62. The highest BCUT2D eigenvalue weighted by Gasteiger charge is 2.54. The minimum atomic E-state index is -5.51. The van der Waals surface area contributed by atoms with Crippen molar-refractivity contribution >= 4 is 29.2 Å². The molecular weight excluding hydrogens is 466 g/mol. The zero-order valence-corrected chi connectivity index (χ0v) is 17.0. The van der Waals surface area contributed by atoms with Gasteiger partial charge in [-0.3, -0.25) is 4.79 Å². The third-order valence-corrected chi connectivity index (χ3v) is 4.09. The number of ether oxygens (including phenoxy) is 3. The lowest BCUT2D eigenvalue weighted by atomic mass is 10.1. The van der Waals surface area contributed by atoms with Crippen molar-refractivity contribution in [1.82, 2.24) is 0 Å². The number of para-hydroxylation sites is 2. The van der Waals surface area contributed by atoms with Crippen LogP contribution in [0.4, 0.5) is 23.2 Å². The Labute approximate surface area is 183 Å². The van der Waals surface area contributed by atoms with Crippen molar-refractivity contribution in [2.45, 2.75) is 18.4 Å². The number of benzene rings is 2. The molecular formula is C19H16ClF4NO7. The molecule has 0 unspecified atom stereocenters. The van der Waals surface area contributed by atoms with Crippen LogP contribution < -0.4 is 14.8 Å². The Morgan fingerprint density at radius 2 is 1.72 bits per heavy atom. The highest BCUT2D eigenvalue weighted by molar-refractivity contribution is 6.32. The molecule has 0 aliphatic heterocycles. The van der Waals surface area contributed by atoms with Crippen molar-refractivity contribution in [3.63, 3.8) is 0 Å². The number of esters is 1. The lowest BCUT2D eigenvalue weighted by Gasteiger charge is -2.23. The van der Waals surface area contributed by atoms with Crippen LogP contribution in [0.15, 0.2) is 36.4 Å². The Kier molecular flexibility index (Phi) is 7.88. The average Bonchev–Trinajstić information content (AvgIpc) is 2.69. The summed E-state index contributed by atoms with van der Waals surface area (Å²) in [7, 11) is 1.16. The second kappa shape index (κ2) is 10.0. The molecule has 3 N–H and O–H groups in total. The summed E-state index contributed by atoms with van der Waals surface area (Å²) in [4.78, 5) is 23.0. The first-order chi connectivity index (χ1) is 14.8. The Bertz CT molecular complexity index is 998. The molecule has 0 bridgehead atoms. The van der Waals surface area contributed by atoms with Crippen LogP contribution in [0.25, 0.3) is 0 Å². The van der Waals surface area contributed by atoms with Crippen LogP contribution in [0.5, 0.6) is 17.2 Å². The van der Waals surface area contributed by atoms with Crippen LogP contribution in [-0.4, -0.2) is 47.8 Å². The number of hydrogen-bond donors (Lipinski definition) is 3. The van der Waals surface area contributed by atoms with Gasteiger partial charge in [0.15, 0.2) is 18.1 Å². The van der Waals surface area contributed by atoms with Gasteiger partial charge in [0.1, 0.15) is 11.6 Å². The van der Waals surface area contributed by atoms with Gasteiger partial charge in [-0.15, -0.1) is 0 Å². The Hall–Kier alpha value is -3.09. The Morgan fingerprint density at radius 1 is 1.09 bits per heavy atom. The number of carbonyl (C=O) groups excluding carboxylic acids is 2. The van der Waals surface area contributed by atoms with Gasteiger partial charge < -0.3 is 29.7 Å². The quantitative estimate of drug-likeness (QED) is 0.301. The predicted molar refractivity (Wildman–Crippen MR) is 102 cm³/mol. The van der Waals surface area contributed by atoms with Gasteiger partial charge in [-0.25, -0.2) is 9.18 Å². The molecule has 174 valence electrons. The van der Waals surface area contributed by atoms with Gasteiger partial charge in [0, 0.05) is 6.07 Å². The summed E-state index contributed by atoms with van der Waals surface area (Å²) in [6.45, 7) is -0.446. The predicted octanol–water partition coefficient (Wildman–Crippen LogP) is 3.40. The topological polar surface area (TPSA) is 114 Å². The molecule has 2 aromatic carbocycles. The molecule has 0 atom stereocenters. The number of halogens is 5. The molecule has 0 spiro atoms. The van der Waals surface area contributed by atoms with Gasteiger partial charge in [-0.2, -0.15) is 13.2 Å². The maximum atomic E-state index is 14.1. The molecule has 8 nitrogen and oxygen atoms in total. The van der Waals surface area contributed by atoms with Crippen molar-refractivity contribution in [2.24, 2.45) is 0 Å². The molecule has 0 saturated heterocycles. The van der Waals surface area contributed by atoms with E-state index in [0.29, 0.717) is 0 Å². The number of amides is 1. The lowest BCUT2D eigenvalue weighted by Crippen LogP contribution is -2.47. The zero-order chi connectivity index (χ0) is 24.1.